The SMILES string of the molecule is C=CC[C@@H]1[C@@H]2C[C@H](O)C[C@@H]2CCN1S(=O)(=O)c1ccc(C)cc1. The third kappa shape index (κ3) is 3.10. The van der Waals surface area contributed by atoms with Crippen molar-refractivity contribution in [3.63, 3.8) is 0 Å². The maximum absolute atomic E-state index is 13.1. The van der Waals surface area contributed by atoms with Gasteiger partial charge in [-0.25, -0.2) is 8.42 Å². The van der Waals surface area contributed by atoms with E-state index in [0.717, 1.165) is 18.4 Å². The van der Waals surface area contributed by atoms with E-state index < -0.39 is 10.0 Å². The summed E-state index contributed by atoms with van der Waals surface area (Å²) in [5, 5.41) is 9.99. The summed E-state index contributed by atoms with van der Waals surface area (Å²) < 4.78 is 27.8. The zero-order valence-corrected chi connectivity index (χ0v) is 14.4. The predicted octanol–water partition coefficient (Wildman–Crippen LogP) is 2.72. The lowest BCUT2D eigenvalue weighted by Gasteiger charge is -2.41. The molecule has 0 spiro atoms. The summed E-state index contributed by atoms with van der Waals surface area (Å²) in [5.41, 5.74) is 1.05. The molecule has 3 rings (SSSR count). The van der Waals surface area contributed by atoms with Gasteiger partial charge in [-0.2, -0.15) is 4.31 Å². The Labute approximate surface area is 138 Å². The topological polar surface area (TPSA) is 57.6 Å². The van der Waals surface area contributed by atoms with Gasteiger partial charge in [0.15, 0.2) is 0 Å². The molecule has 1 N–H and O–H groups in total. The van der Waals surface area contributed by atoms with Crippen molar-refractivity contribution in [1.82, 2.24) is 4.31 Å². The molecule has 0 radical (unpaired) electrons. The van der Waals surface area contributed by atoms with Crippen molar-refractivity contribution in [3.8, 4) is 0 Å². The van der Waals surface area contributed by atoms with Crippen molar-refractivity contribution < 1.29 is 13.5 Å². The molecule has 1 aromatic rings. The van der Waals surface area contributed by atoms with E-state index in [1.807, 2.05) is 19.1 Å². The van der Waals surface area contributed by atoms with Crippen LogP contribution in [0.2, 0.25) is 0 Å². The van der Waals surface area contributed by atoms with Gasteiger partial charge in [-0.1, -0.05) is 23.8 Å². The maximum Gasteiger partial charge on any atom is 0.243 e. The zero-order chi connectivity index (χ0) is 16.6. The smallest absolute Gasteiger partial charge is 0.243 e. The van der Waals surface area contributed by atoms with Crippen LogP contribution in [0.25, 0.3) is 0 Å². The van der Waals surface area contributed by atoms with Gasteiger partial charge in [0.1, 0.15) is 0 Å². The number of rotatable bonds is 4. The number of piperidine rings is 1. The van der Waals surface area contributed by atoms with Gasteiger partial charge in [-0.05, 0) is 56.6 Å². The highest BCUT2D eigenvalue weighted by molar-refractivity contribution is 7.89. The molecule has 23 heavy (non-hydrogen) atoms. The summed E-state index contributed by atoms with van der Waals surface area (Å²) in [5.74, 6) is 0.663. The maximum atomic E-state index is 13.1. The quantitative estimate of drug-likeness (QED) is 0.861. The Balaban J connectivity index is 1.93. The number of benzene rings is 1. The van der Waals surface area contributed by atoms with E-state index in [2.05, 4.69) is 6.58 Å². The minimum atomic E-state index is -3.50. The number of nitrogens with zero attached hydrogens (tertiary/aromatic N) is 1. The highest BCUT2D eigenvalue weighted by Crippen LogP contribution is 2.44. The van der Waals surface area contributed by atoms with Crippen LogP contribution in [0.3, 0.4) is 0 Å². The normalized spacial score (nSPS) is 31.7. The summed E-state index contributed by atoms with van der Waals surface area (Å²) in [6.07, 6.45) is 4.48. The molecule has 0 bridgehead atoms. The largest absolute Gasteiger partial charge is 0.393 e. The fourth-order valence-corrected chi connectivity index (χ4v) is 5.91. The van der Waals surface area contributed by atoms with Crippen molar-refractivity contribution in [2.45, 2.75) is 49.6 Å². The molecule has 4 atom stereocenters. The minimum Gasteiger partial charge on any atom is -0.393 e. The second-order valence-electron chi connectivity index (χ2n) is 6.86. The molecule has 2 aliphatic rings. The van der Waals surface area contributed by atoms with Crippen molar-refractivity contribution in [1.29, 1.82) is 0 Å². The molecular weight excluding hydrogens is 310 g/mol. The molecule has 1 heterocycles. The fraction of sp³-hybridized carbons (Fsp3) is 0.556. The van der Waals surface area contributed by atoms with Gasteiger partial charge in [-0.3, -0.25) is 0 Å². The van der Waals surface area contributed by atoms with Gasteiger partial charge in [0.2, 0.25) is 10.0 Å². The summed E-state index contributed by atoms with van der Waals surface area (Å²) in [6, 6.07) is 6.95. The summed E-state index contributed by atoms with van der Waals surface area (Å²) in [7, 11) is -3.50. The molecule has 1 aliphatic heterocycles. The van der Waals surface area contributed by atoms with E-state index in [1.165, 1.54) is 0 Å². The Kier molecular flexibility index (Phi) is 4.63. The highest BCUT2D eigenvalue weighted by atomic mass is 32.2. The van der Waals surface area contributed by atoms with Crippen LogP contribution in [0.15, 0.2) is 41.8 Å². The molecule has 5 heteroatoms. The number of fused-ring (bicyclic) bond motifs is 1. The van der Waals surface area contributed by atoms with Crippen LogP contribution >= 0.6 is 0 Å². The van der Waals surface area contributed by atoms with Crippen molar-refractivity contribution in [3.05, 3.63) is 42.5 Å². The molecule has 2 fully saturated rings. The summed E-state index contributed by atoms with van der Waals surface area (Å²) >= 11 is 0. The molecule has 0 aromatic heterocycles. The second kappa shape index (κ2) is 6.38. The van der Waals surface area contributed by atoms with Crippen LogP contribution in [0.1, 0.15) is 31.2 Å². The third-order valence-corrected chi connectivity index (χ3v) is 7.28. The van der Waals surface area contributed by atoms with Crippen LogP contribution in [0.4, 0.5) is 0 Å². The second-order valence-corrected chi connectivity index (χ2v) is 8.75. The van der Waals surface area contributed by atoms with Crippen LogP contribution in [0, 0.1) is 18.8 Å². The lowest BCUT2D eigenvalue weighted by Crippen LogP contribution is -2.50. The number of aliphatic hydroxyl groups excluding tert-OH is 1. The Morgan fingerprint density at radius 1 is 1.30 bits per heavy atom. The number of aryl methyl sites for hydroxylation is 1. The minimum absolute atomic E-state index is 0.0882. The summed E-state index contributed by atoms with van der Waals surface area (Å²) in [6.45, 7) is 6.28. The van der Waals surface area contributed by atoms with Gasteiger partial charge in [-0.15, -0.1) is 6.58 Å². The first-order valence-corrected chi connectivity index (χ1v) is 9.75. The molecule has 126 valence electrons. The van der Waals surface area contributed by atoms with Crippen molar-refractivity contribution >= 4 is 10.0 Å². The molecule has 1 saturated carbocycles. The first kappa shape index (κ1) is 16.7. The number of hydrogen-bond acceptors (Lipinski definition) is 3. The van der Waals surface area contributed by atoms with E-state index in [-0.39, 0.29) is 18.1 Å². The number of hydrogen-bond donors (Lipinski definition) is 1. The van der Waals surface area contributed by atoms with Gasteiger partial charge >= 0.3 is 0 Å². The molecule has 0 unspecified atom stereocenters. The van der Waals surface area contributed by atoms with Gasteiger partial charge in [0.05, 0.1) is 11.0 Å². The average Bonchev–Trinajstić information content (AvgIpc) is 2.89. The first-order chi connectivity index (χ1) is 10.9. The number of aliphatic hydroxyl groups is 1. The van der Waals surface area contributed by atoms with Crippen LogP contribution in [-0.4, -0.2) is 36.5 Å². The van der Waals surface area contributed by atoms with Gasteiger partial charge < -0.3 is 5.11 Å². The Bertz CT molecular complexity index is 668. The van der Waals surface area contributed by atoms with Crippen LogP contribution < -0.4 is 0 Å². The Hall–Kier alpha value is -1.17. The summed E-state index contributed by atoms with van der Waals surface area (Å²) in [4.78, 5) is 0.356. The predicted molar refractivity (Wildman–Crippen MR) is 90.5 cm³/mol. The molecule has 1 aromatic carbocycles. The fourth-order valence-electron chi connectivity index (χ4n) is 4.21. The van der Waals surface area contributed by atoms with Crippen molar-refractivity contribution in [2.24, 2.45) is 11.8 Å². The van der Waals surface area contributed by atoms with E-state index >= 15 is 0 Å². The third-order valence-electron chi connectivity index (χ3n) is 5.34. The van der Waals surface area contributed by atoms with Crippen molar-refractivity contribution in [2.75, 3.05) is 6.54 Å². The van der Waals surface area contributed by atoms with Crippen LogP contribution in [-0.2, 0) is 10.0 Å². The van der Waals surface area contributed by atoms with E-state index in [1.54, 1.807) is 22.5 Å². The van der Waals surface area contributed by atoms with E-state index in [9.17, 15) is 13.5 Å². The average molecular weight is 335 g/mol. The monoisotopic (exact) mass is 335 g/mol. The molecule has 1 aliphatic carbocycles. The van der Waals surface area contributed by atoms with Crippen LogP contribution in [0.5, 0.6) is 0 Å². The van der Waals surface area contributed by atoms with Gasteiger partial charge in [0.25, 0.3) is 0 Å². The molecule has 4 nitrogen and oxygen atoms in total. The van der Waals surface area contributed by atoms with E-state index in [4.69, 9.17) is 0 Å². The zero-order valence-electron chi connectivity index (χ0n) is 13.6. The lowest BCUT2D eigenvalue weighted by molar-refractivity contribution is 0.132. The van der Waals surface area contributed by atoms with Gasteiger partial charge in [0, 0.05) is 12.6 Å². The molecular formula is C18H25NO3S. The molecule has 0 amide bonds. The lowest BCUT2D eigenvalue weighted by atomic mass is 9.82. The Morgan fingerprint density at radius 3 is 2.65 bits per heavy atom. The highest BCUT2D eigenvalue weighted by Gasteiger charge is 2.46. The standard InChI is InChI=1S/C18H25NO3S/c1-3-4-18-17-12-15(20)11-14(17)9-10-19(18)23(21,22)16-7-5-13(2)6-8-16/h3,5-8,14-15,17-18,20H,1,4,9-12H2,2H3/t14-,15+,17+,18+/m0/s1. The van der Waals surface area contributed by atoms with E-state index in [0.29, 0.717) is 30.2 Å². The molecule has 1 saturated heterocycles. The Morgan fingerprint density at radius 2 is 2.00 bits per heavy atom. The number of sulfonamides is 1. The first-order valence-electron chi connectivity index (χ1n) is 8.31.